The summed E-state index contributed by atoms with van der Waals surface area (Å²) in [5.74, 6) is -2.02. The quantitative estimate of drug-likeness (QED) is 0.568. The van der Waals surface area contributed by atoms with Crippen LogP contribution in [0.25, 0.3) is 0 Å². The van der Waals surface area contributed by atoms with Crippen LogP contribution in [0.2, 0.25) is 5.02 Å². The Labute approximate surface area is 170 Å². The smallest absolute Gasteiger partial charge is 0.487 e. The maximum absolute atomic E-state index is 14.3. The summed E-state index contributed by atoms with van der Waals surface area (Å²) in [6.07, 6.45) is -3.48. The number of hydrogen-bond acceptors (Lipinski definition) is 4. The Morgan fingerprint density at radius 2 is 1.72 bits per heavy atom. The molecule has 3 rings (SSSR count). The fraction of sp³-hybridized carbons (Fsp3) is 0.632. The number of hydrogen-bond donors (Lipinski definition) is 0. The lowest BCUT2D eigenvalue weighted by molar-refractivity contribution is -0.274. The van der Waals surface area contributed by atoms with Crippen molar-refractivity contribution in [1.29, 1.82) is 0 Å². The van der Waals surface area contributed by atoms with Gasteiger partial charge in [-0.1, -0.05) is 11.6 Å². The Morgan fingerprint density at radius 3 is 2.24 bits per heavy atom. The zero-order valence-electron chi connectivity index (χ0n) is 16.2. The van der Waals surface area contributed by atoms with Crippen LogP contribution in [0.5, 0.6) is 11.5 Å². The summed E-state index contributed by atoms with van der Waals surface area (Å²) in [7, 11) is 0. The van der Waals surface area contributed by atoms with Crippen molar-refractivity contribution in [3.63, 3.8) is 0 Å². The van der Waals surface area contributed by atoms with Gasteiger partial charge in [0.1, 0.15) is 17.5 Å². The highest BCUT2D eigenvalue weighted by Crippen LogP contribution is 2.40. The molecular weight excluding hydrogens is 418 g/mol. The normalized spacial score (nSPS) is 24.4. The third-order valence-corrected chi connectivity index (χ3v) is 5.06. The van der Waals surface area contributed by atoms with Gasteiger partial charge >= 0.3 is 12.5 Å². The molecule has 10 heteroatoms. The number of carbonyl (C=O) groups excluding carboxylic acids is 1. The van der Waals surface area contributed by atoms with Crippen molar-refractivity contribution in [2.75, 3.05) is 0 Å². The van der Waals surface area contributed by atoms with Gasteiger partial charge < -0.3 is 19.1 Å². The van der Waals surface area contributed by atoms with Gasteiger partial charge in [-0.15, -0.1) is 13.2 Å². The maximum Gasteiger partial charge on any atom is 0.573 e. The lowest BCUT2D eigenvalue weighted by Gasteiger charge is -2.39. The number of rotatable bonds is 3. The minimum absolute atomic E-state index is 0.137. The molecule has 0 aliphatic carbocycles. The van der Waals surface area contributed by atoms with Gasteiger partial charge in [0.05, 0.1) is 5.02 Å². The molecule has 0 aromatic heterocycles. The summed E-state index contributed by atoms with van der Waals surface area (Å²) in [4.78, 5) is 14.2. The van der Waals surface area contributed by atoms with Gasteiger partial charge in [-0.3, -0.25) is 0 Å². The van der Waals surface area contributed by atoms with Gasteiger partial charge in [-0.05, 0) is 33.6 Å². The molecule has 2 saturated heterocycles. The molecule has 1 amide bonds. The van der Waals surface area contributed by atoms with Crippen LogP contribution in [0.1, 0.15) is 46.5 Å². The summed E-state index contributed by atoms with van der Waals surface area (Å²) in [5.41, 5.74) is -0.622. The first kappa shape index (κ1) is 21.8. The first-order valence-electron chi connectivity index (χ1n) is 9.25. The van der Waals surface area contributed by atoms with Crippen molar-refractivity contribution in [3.05, 3.63) is 23.0 Å². The molecule has 2 fully saturated rings. The van der Waals surface area contributed by atoms with E-state index in [1.54, 1.807) is 25.7 Å². The van der Waals surface area contributed by atoms with Gasteiger partial charge in [-0.25, -0.2) is 9.18 Å². The van der Waals surface area contributed by atoms with Crippen LogP contribution < -0.4 is 9.47 Å². The topological polar surface area (TPSA) is 48.0 Å². The van der Waals surface area contributed by atoms with E-state index in [4.69, 9.17) is 21.1 Å². The van der Waals surface area contributed by atoms with Crippen molar-refractivity contribution in [2.45, 2.75) is 76.6 Å². The number of halogens is 5. The number of benzene rings is 1. The Hall–Kier alpha value is -1.90. The molecule has 1 aromatic rings. The average Bonchev–Trinajstić information content (AvgIpc) is 2.80. The Bertz CT molecular complexity index is 767. The van der Waals surface area contributed by atoms with E-state index in [-0.39, 0.29) is 12.1 Å². The molecule has 162 valence electrons. The molecule has 2 aliphatic heterocycles. The average molecular weight is 440 g/mol. The van der Waals surface area contributed by atoms with Crippen molar-refractivity contribution in [1.82, 2.24) is 4.90 Å². The molecule has 0 saturated carbocycles. The predicted molar refractivity (Wildman–Crippen MR) is 96.6 cm³/mol. The van der Waals surface area contributed by atoms with Crippen molar-refractivity contribution in [3.8, 4) is 11.5 Å². The first-order chi connectivity index (χ1) is 13.3. The second-order valence-electron chi connectivity index (χ2n) is 8.25. The Morgan fingerprint density at radius 1 is 1.14 bits per heavy atom. The van der Waals surface area contributed by atoms with Crippen LogP contribution in [-0.4, -0.2) is 41.1 Å². The van der Waals surface area contributed by atoms with Gasteiger partial charge in [-0.2, -0.15) is 0 Å². The standard InChI is InChI=1S/C19H22ClF4NO4/c1-18(2,3)29-17(26)25-10-4-5-11(25)7-12(6-10)27-15-9-13(28-19(22,23)24)8-14(20)16(15)21/h8-12H,4-7H2,1-3H3. The zero-order chi connectivity index (χ0) is 21.6. The maximum atomic E-state index is 14.3. The number of nitrogens with zero attached hydrogens (tertiary/aromatic N) is 1. The molecule has 2 unspecified atom stereocenters. The van der Waals surface area contributed by atoms with Gasteiger partial charge in [0.2, 0.25) is 0 Å². The fourth-order valence-corrected chi connectivity index (χ4v) is 4.03. The Balaban J connectivity index is 1.71. The predicted octanol–water partition coefficient (Wildman–Crippen LogP) is 5.69. The van der Waals surface area contributed by atoms with Crippen LogP contribution in [0, 0.1) is 5.82 Å². The van der Waals surface area contributed by atoms with Crippen LogP contribution >= 0.6 is 11.6 Å². The summed E-state index contributed by atoms with van der Waals surface area (Å²) in [6.45, 7) is 5.35. The molecule has 0 spiro atoms. The molecule has 29 heavy (non-hydrogen) atoms. The highest BCUT2D eigenvalue weighted by Gasteiger charge is 2.45. The van der Waals surface area contributed by atoms with Gasteiger partial charge in [0.25, 0.3) is 0 Å². The fourth-order valence-electron chi connectivity index (χ4n) is 3.83. The van der Waals surface area contributed by atoms with Crippen LogP contribution in [0.4, 0.5) is 22.4 Å². The van der Waals surface area contributed by atoms with Gasteiger partial charge in [0, 0.05) is 37.1 Å². The third kappa shape index (κ3) is 5.38. The largest absolute Gasteiger partial charge is 0.573 e. The molecule has 5 nitrogen and oxygen atoms in total. The first-order valence-corrected chi connectivity index (χ1v) is 9.63. The second-order valence-corrected chi connectivity index (χ2v) is 8.66. The summed E-state index contributed by atoms with van der Waals surface area (Å²) >= 11 is 5.69. The van der Waals surface area contributed by atoms with E-state index >= 15 is 0 Å². The van der Waals surface area contributed by atoms with Crippen molar-refractivity contribution in [2.24, 2.45) is 0 Å². The van der Waals surface area contributed by atoms with Crippen molar-refractivity contribution < 1.29 is 36.6 Å². The van der Waals surface area contributed by atoms with E-state index in [0.29, 0.717) is 12.8 Å². The number of alkyl halides is 3. The molecule has 2 atom stereocenters. The molecular formula is C19H22ClF4NO4. The molecule has 2 aliphatic rings. The summed E-state index contributed by atoms with van der Waals surface area (Å²) in [6, 6.07) is 1.30. The van der Waals surface area contributed by atoms with E-state index in [0.717, 1.165) is 25.0 Å². The monoisotopic (exact) mass is 439 g/mol. The number of piperidine rings is 1. The molecule has 1 aromatic carbocycles. The Kier molecular flexibility index (Phi) is 5.82. The van der Waals surface area contributed by atoms with Gasteiger partial charge in [0.15, 0.2) is 11.6 Å². The second kappa shape index (κ2) is 7.74. The highest BCUT2D eigenvalue weighted by atomic mass is 35.5. The highest BCUT2D eigenvalue weighted by molar-refractivity contribution is 6.31. The van der Waals surface area contributed by atoms with Crippen molar-refractivity contribution >= 4 is 17.7 Å². The summed E-state index contributed by atoms with van der Waals surface area (Å²) in [5, 5.41) is -0.532. The molecule has 2 bridgehead atoms. The molecule has 0 N–H and O–H groups in total. The number of carbonyl (C=O) groups is 1. The minimum Gasteiger partial charge on any atom is -0.487 e. The minimum atomic E-state index is -4.93. The van der Waals surface area contributed by atoms with E-state index in [1.165, 1.54) is 0 Å². The van der Waals surface area contributed by atoms with E-state index in [9.17, 15) is 22.4 Å². The zero-order valence-corrected chi connectivity index (χ0v) is 16.9. The SMILES string of the molecule is CC(C)(C)OC(=O)N1C2CCC1CC(Oc1cc(OC(F)(F)F)cc(Cl)c1F)C2. The number of fused-ring (bicyclic) bond motifs is 2. The third-order valence-electron chi connectivity index (χ3n) is 4.79. The van der Waals surface area contributed by atoms with E-state index in [1.807, 2.05) is 0 Å². The van der Waals surface area contributed by atoms with Crippen LogP contribution in [-0.2, 0) is 4.74 Å². The van der Waals surface area contributed by atoms with Crippen LogP contribution in [0.15, 0.2) is 12.1 Å². The number of ether oxygens (including phenoxy) is 3. The molecule has 2 heterocycles. The lowest BCUT2D eigenvalue weighted by Crippen LogP contribution is -2.50. The summed E-state index contributed by atoms with van der Waals surface area (Å²) < 4.78 is 66.6. The number of amides is 1. The molecule has 0 radical (unpaired) electrons. The van der Waals surface area contributed by atoms with E-state index in [2.05, 4.69) is 4.74 Å². The van der Waals surface area contributed by atoms with E-state index < -0.39 is 46.5 Å². The van der Waals surface area contributed by atoms with Crippen LogP contribution in [0.3, 0.4) is 0 Å². The lowest BCUT2D eigenvalue weighted by atomic mass is 10.00.